The van der Waals surface area contributed by atoms with Gasteiger partial charge in [0.1, 0.15) is 17.6 Å². The van der Waals surface area contributed by atoms with Crippen LogP contribution in [0.3, 0.4) is 0 Å². The van der Waals surface area contributed by atoms with Crippen molar-refractivity contribution in [3.63, 3.8) is 0 Å². The summed E-state index contributed by atoms with van der Waals surface area (Å²) in [7, 11) is 0. The third kappa shape index (κ3) is 4.60. The van der Waals surface area contributed by atoms with Gasteiger partial charge in [0.05, 0.1) is 5.56 Å². The van der Waals surface area contributed by atoms with Gasteiger partial charge in [0.15, 0.2) is 0 Å². The number of hydrogen-bond donors (Lipinski definition) is 2. The SMILES string of the molecule is CC(C)(C)C(CCO)Nc1nc(C(F)(F)F)ccc1C#N. The van der Waals surface area contributed by atoms with Crippen LogP contribution in [0, 0.1) is 16.7 Å². The zero-order chi connectivity index (χ0) is 16.3. The van der Waals surface area contributed by atoms with E-state index in [1.807, 2.05) is 26.8 Å². The van der Waals surface area contributed by atoms with Crippen LogP contribution in [-0.4, -0.2) is 22.7 Å². The molecule has 1 heterocycles. The Morgan fingerprint density at radius 1 is 1.33 bits per heavy atom. The normalized spacial score (nSPS) is 13.6. The molecule has 0 fully saturated rings. The van der Waals surface area contributed by atoms with E-state index in [4.69, 9.17) is 10.4 Å². The van der Waals surface area contributed by atoms with Gasteiger partial charge in [-0.05, 0) is 24.0 Å². The van der Waals surface area contributed by atoms with Crippen LogP contribution in [-0.2, 0) is 6.18 Å². The lowest BCUT2D eigenvalue weighted by Crippen LogP contribution is -2.35. The lowest BCUT2D eigenvalue weighted by molar-refractivity contribution is -0.141. The number of aliphatic hydroxyl groups excluding tert-OH is 1. The summed E-state index contributed by atoms with van der Waals surface area (Å²) in [5.41, 5.74) is -1.33. The van der Waals surface area contributed by atoms with Crippen molar-refractivity contribution in [3.8, 4) is 6.07 Å². The van der Waals surface area contributed by atoms with E-state index in [9.17, 15) is 13.2 Å². The Balaban J connectivity index is 3.18. The van der Waals surface area contributed by atoms with Crippen LogP contribution in [0.4, 0.5) is 19.0 Å². The molecule has 2 N–H and O–H groups in total. The maximum absolute atomic E-state index is 12.7. The van der Waals surface area contributed by atoms with Crippen LogP contribution < -0.4 is 5.32 Å². The highest BCUT2D eigenvalue weighted by Gasteiger charge is 2.34. The molecule has 1 aromatic rings. The van der Waals surface area contributed by atoms with E-state index in [1.165, 1.54) is 0 Å². The Hall–Kier alpha value is -1.81. The molecule has 4 nitrogen and oxygen atoms in total. The Morgan fingerprint density at radius 2 is 1.95 bits per heavy atom. The Labute approximate surface area is 121 Å². The number of hydrogen-bond acceptors (Lipinski definition) is 4. The predicted octanol–water partition coefficient (Wildman–Crippen LogP) is 3.18. The first-order valence-electron chi connectivity index (χ1n) is 6.45. The highest BCUT2D eigenvalue weighted by Crippen LogP contribution is 2.31. The molecule has 1 rings (SSSR count). The zero-order valence-corrected chi connectivity index (χ0v) is 12.1. The molecule has 0 bridgehead atoms. The summed E-state index contributed by atoms with van der Waals surface area (Å²) in [6.45, 7) is 5.55. The summed E-state index contributed by atoms with van der Waals surface area (Å²) >= 11 is 0. The average Bonchev–Trinajstić information content (AvgIpc) is 2.36. The fraction of sp³-hybridized carbons (Fsp3) is 0.571. The average molecular weight is 301 g/mol. The van der Waals surface area contributed by atoms with E-state index in [0.29, 0.717) is 6.42 Å². The van der Waals surface area contributed by atoms with Crippen molar-refractivity contribution in [3.05, 3.63) is 23.4 Å². The molecule has 0 aliphatic carbocycles. The van der Waals surface area contributed by atoms with Crippen molar-refractivity contribution in [2.75, 3.05) is 11.9 Å². The van der Waals surface area contributed by atoms with Gasteiger partial charge in [-0.3, -0.25) is 0 Å². The van der Waals surface area contributed by atoms with Crippen LogP contribution >= 0.6 is 0 Å². The first-order chi connectivity index (χ1) is 9.59. The third-order valence-electron chi connectivity index (χ3n) is 3.08. The second kappa shape index (κ2) is 6.31. The van der Waals surface area contributed by atoms with Gasteiger partial charge in [0.25, 0.3) is 0 Å². The number of nitriles is 1. The van der Waals surface area contributed by atoms with Gasteiger partial charge < -0.3 is 10.4 Å². The molecule has 0 aromatic carbocycles. The summed E-state index contributed by atoms with van der Waals surface area (Å²) in [5.74, 6) is -0.110. The first-order valence-corrected chi connectivity index (χ1v) is 6.45. The molecule has 1 atom stereocenters. The largest absolute Gasteiger partial charge is 0.433 e. The molecule has 0 aliphatic heterocycles. The number of nitrogens with one attached hydrogen (secondary N) is 1. The second-order valence-corrected chi connectivity index (χ2v) is 5.78. The number of halogens is 3. The summed E-state index contributed by atoms with van der Waals surface area (Å²) in [4.78, 5) is 3.51. The van der Waals surface area contributed by atoms with E-state index >= 15 is 0 Å². The Bertz CT molecular complexity index is 530. The van der Waals surface area contributed by atoms with Crippen molar-refractivity contribution in [2.24, 2.45) is 5.41 Å². The molecule has 0 saturated heterocycles. The van der Waals surface area contributed by atoms with Gasteiger partial charge in [0.2, 0.25) is 0 Å². The van der Waals surface area contributed by atoms with E-state index in [-0.39, 0.29) is 29.4 Å². The minimum absolute atomic E-state index is 0.0372. The molecule has 0 radical (unpaired) electrons. The molecule has 1 aromatic heterocycles. The van der Waals surface area contributed by atoms with Crippen molar-refractivity contribution < 1.29 is 18.3 Å². The molecule has 0 aliphatic rings. The topological polar surface area (TPSA) is 68.9 Å². The van der Waals surface area contributed by atoms with Gasteiger partial charge in [-0.15, -0.1) is 0 Å². The molecule has 1 unspecified atom stereocenters. The summed E-state index contributed by atoms with van der Waals surface area (Å²) in [6, 6.07) is 3.38. The molecule has 0 saturated carbocycles. The van der Waals surface area contributed by atoms with Crippen LogP contribution in [0.15, 0.2) is 12.1 Å². The number of alkyl halides is 3. The van der Waals surface area contributed by atoms with Crippen LogP contribution in [0.5, 0.6) is 0 Å². The lowest BCUT2D eigenvalue weighted by atomic mass is 9.85. The van der Waals surface area contributed by atoms with Crippen molar-refractivity contribution in [1.82, 2.24) is 4.98 Å². The molecule has 0 spiro atoms. The first kappa shape index (κ1) is 17.2. The number of anilines is 1. The second-order valence-electron chi connectivity index (χ2n) is 5.78. The Morgan fingerprint density at radius 3 is 2.38 bits per heavy atom. The molecule has 0 amide bonds. The number of nitrogens with zero attached hydrogens (tertiary/aromatic N) is 2. The van der Waals surface area contributed by atoms with Crippen LogP contribution in [0.2, 0.25) is 0 Å². The van der Waals surface area contributed by atoms with Gasteiger partial charge in [0, 0.05) is 12.6 Å². The monoisotopic (exact) mass is 301 g/mol. The number of aromatic nitrogens is 1. The number of rotatable bonds is 4. The number of pyridine rings is 1. The minimum atomic E-state index is -4.57. The van der Waals surface area contributed by atoms with Crippen LogP contribution in [0.1, 0.15) is 38.4 Å². The maximum atomic E-state index is 12.7. The lowest BCUT2D eigenvalue weighted by Gasteiger charge is -2.32. The maximum Gasteiger partial charge on any atom is 0.433 e. The smallest absolute Gasteiger partial charge is 0.396 e. The third-order valence-corrected chi connectivity index (χ3v) is 3.08. The Kier molecular flexibility index (Phi) is 5.18. The quantitative estimate of drug-likeness (QED) is 0.896. The molecule has 116 valence electrons. The summed E-state index contributed by atoms with van der Waals surface area (Å²) in [5, 5.41) is 20.9. The molecule has 21 heavy (non-hydrogen) atoms. The highest BCUT2D eigenvalue weighted by molar-refractivity contribution is 5.53. The fourth-order valence-corrected chi connectivity index (χ4v) is 1.83. The highest BCUT2D eigenvalue weighted by atomic mass is 19.4. The van der Waals surface area contributed by atoms with Crippen molar-refractivity contribution >= 4 is 5.82 Å². The van der Waals surface area contributed by atoms with Gasteiger partial charge >= 0.3 is 6.18 Å². The molecular weight excluding hydrogens is 283 g/mol. The van der Waals surface area contributed by atoms with E-state index in [0.717, 1.165) is 12.1 Å². The van der Waals surface area contributed by atoms with Gasteiger partial charge in [-0.25, -0.2) is 4.98 Å². The fourth-order valence-electron chi connectivity index (χ4n) is 1.83. The van der Waals surface area contributed by atoms with Crippen LogP contribution in [0.25, 0.3) is 0 Å². The number of aliphatic hydroxyl groups is 1. The van der Waals surface area contributed by atoms with E-state index < -0.39 is 11.9 Å². The van der Waals surface area contributed by atoms with Gasteiger partial charge in [-0.1, -0.05) is 20.8 Å². The summed E-state index contributed by atoms with van der Waals surface area (Å²) in [6.07, 6.45) is -4.23. The standard InChI is InChI=1S/C14H18F3N3O/c1-13(2,3)10(6-7-21)19-12-9(8-18)4-5-11(20-12)14(15,16)17/h4-5,10,21H,6-7H2,1-3H3,(H,19,20). The molecule has 7 heteroatoms. The van der Waals surface area contributed by atoms with E-state index in [1.54, 1.807) is 0 Å². The summed E-state index contributed by atoms with van der Waals surface area (Å²) < 4.78 is 38.1. The zero-order valence-electron chi connectivity index (χ0n) is 12.1. The van der Waals surface area contributed by atoms with E-state index in [2.05, 4.69) is 10.3 Å². The van der Waals surface area contributed by atoms with Crippen molar-refractivity contribution in [2.45, 2.75) is 39.4 Å². The predicted molar refractivity (Wildman–Crippen MR) is 72.5 cm³/mol. The van der Waals surface area contributed by atoms with Crippen molar-refractivity contribution in [1.29, 1.82) is 5.26 Å². The van der Waals surface area contributed by atoms with Gasteiger partial charge in [-0.2, -0.15) is 18.4 Å². The minimum Gasteiger partial charge on any atom is -0.396 e. The molecular formula is C14H18F3N3O.